The lowest BCUT2D eigenvalue weighted by atomic mass is 9.70. The second-order valence-electron chi connectivity index (χ2n) is 10.0. The zero-order valence-electron chi connectivity index (χ0n) is 22.6. The zero-order valence-corrected chi connectivity index (χ0v) is 22.6. The first-order chi connectivity index (χ1) is 18.9. The van der Waals surface area contributed by atoms with E-state index in [2.05, 4.69) is 18.2 Å². The molecule has 0 bridgehead atoms. The predicted molar refractivity (Wildman–Crippen MR) is 150 cm³/mol. The van der Waals surface area contributed by atoms with Gasteiger partial charge in [0.25, 0.3) is 0 Å². The minimum Gasteiger partial charge on any atom is -0.496 e. The van der Waals surface area contributed by atoms with Gasteiger partial charge < -0.3 is 14.2 Å². The molecule has 0 saturated heterocycles. The molecule has 0 saturated carbocycles. The van der Waals surface area contributed by atoms with Crippen LogP contribution in [0.5, 0.6) is 5.75 Å². The third-order valence-corrected chi connectivity index (χ3v) is 7.67. The van der Waals surface area contributed by atoms with Gasteiger partial charge in [-0.15, -0.1) is 0 Å². The highest BCUT2D eigenvalue weighted by Crippen LogP contribution is 2.46. The van der Waals surface area contributed by atoms with Gasteiger partial charge >= 0.3 is 11.9 Å². The standard InChI is InChI=1S/C34H32O5/c1-21-13-5-7-15-24(21)30-27-18-10-9-17-26(27)23(3)31(38-34(36)28-19-11-12-20-29(28)37-4)32(30)39-33(35)25-16-8-6-14-22(25)2/h5-20,23,30-32H,1-4H3/t23-,30-,31?,32?/m0/s1. The molecule has 4 atom stereocenters. The number of carbonyl (C=O) groups is 2. The van der Waals surface area contributed by atoms with Crippen LogP contribution >= 0.6 is 0 Å². The Morgan fingerprint density at radius 1 is 0.590 bits per heavy atom. The largest absolute Gasteiger partial charge is 0.496 e. The Bertz CT molecular complexity index is 1510. The van der Waals surface area contributed by atoms with Crippen molar-refractivity contribution in [1.29, 1.82) is 0 Å². The summed E-state index contributed by atoms with van der Waals surface area (Å²) in [4.78, 5) is 27.2. The van der Waals surface area contributed by atoms with E-state index in [4.69, 9.17) is 14.2 Å². The summed E-state index contributed by atoms with van der Waals surface area (Å²) in [6.45, 7) is 5.95. The number of methoxy groups -OCH3 is 1. The fraction of sp³-hybridized carbons (Fsp3) is 0.235. The molecule has 4 aromatic rings. The number of esters is 2. The summed E-state index contributed by atoms with van der Waals surface area (Å²) >= 11 is 0. The Hall–Kier alpha value is -4.38. The van der Waals surface area contributed by atoms with Crippen LogP contribution in [0.4, 0.5) is 0 Å². The molecule has 5 rings (SSSR count). The van der Waals surface area contributed by atoms with Crippen LogP contribution in [-0.2, 0) is 9.47 Å². The average Bonchev–Trinajstić information content (AvgIpc) is 2.96. The second kappa shape index (κ2) is 11.2. The monoisotopic (exact) mass is 520 g/mol. The van der Waals surface area contributed by atoms with Gasteiger partial charge in [-0.1, -0.05) is 85.8 Å². The number of aryl methyl sites for hydroxylation is 2. The third kappa shape index (κ3) is 5.05. The van der Waals surface area contributed by atoms with Gasteiger partial charge in [-0.2, -0.15) is 0 Å². The van der Waals surface area contributed by atoms with Crippen LogP contribution in [-0.4, -0.2) is 31.3 Å². The van der Waals surface area contributed by atoms with Crippen LogP contribution in [0.3, 0.4) is 0 Å². The maximum Gasteiger partial charge on any atom is 0.342 e. The van der Waals surface area contributed by atoms with Crippen LogP contribution in [0.15, 0.2) is 97.1 Å². The van der Waals surface area contributed by atoms with E-state index >= 15 is 0 Å². The van der Waals surface area contributed by atoms with Crippen molar-refractivity contribution in [3.05, 3.63) is 136 Å². The Labute approximate surface area is 229 Å². The molecule has 5 nitrogen and oxygen atoms in total. The van der Waals surface area contributed by atoms with Crippen LogP contribution in [0.25, 0.3) is 0 Å². The van der Waals surface area contributed by atoms with E-state index in [1.165, 1.54) is 7.11 Å². The van der Waals surface area contributed by atoms with E-state index < -0.39 is 24.1 Å². The molecule has 5 heteroatoms. The summed E-state index contributed by atoms with van der Waals surface area (Å²) in [6.07, 6.45) is -1.50. The summed E-state index contributed by atoms with van der Waals surface area (Å²) in [5.74, 6) is -1.10. The SMILES string of the molecule is COc1ccccc1C(=O)OC1C(OC(=O)c2ccccc2C)[C@@H](c2ccccc2C)c2ccccc2[C@@H]1C. The summed E-state index contributed by atoms with van der Waals surface area (Å²) in [7, 11) is 1.52. The molecule has 0 fully saturated rings. The van der Waals surface area contributed by atoms with E-state index in [0.29, 0.717) is 16.9 Å². The normalized spacial score (nSPS) is 20.0. The van der Waals surface area contributed by atoms with Crippen LogP contribution in [0.2, 0.25) is 0 Å². The second-order valence-corrected chi connectivity index (χ2v) is 10.0. The van der Waals surface area contributed by atoms with E-state index in [-0.39, 0.29) is 11.8 Å². The van der Waals surface area contributed by atoms with Crippen molar-refractivity contribution in [1.82, 2.24) is 0 Å². The van der Waals surface area contributed by atoms with E-state index in [1.54, 1.807) is 30.3 Å². The van der Waals surface area contributed by atoms with Gasteiger partial charge in [-0.05, 0) is 59.9 Å². The molecular formula is C34H32O5. The number of benzene rings is 4. The summed E-state index contributed by atoms with van der Waals surface area (Å²) in [5.41, 5.74) is 5.85. The number of fused-ring (bicyclic) bond motifs is 1. The third-order valence-electron chi connectivity index (χ3n) is 7.67. The zero-order chi connectivity index (χ0) is 27.5. The number of carbonyl (C=O) groups excluding carboxylic acids is 2. The number of rotatable bonds is 6. The number of hydrogen-bond acceptors (Lipinski definition) is 5. The fourth-order valence-electron chi connectivity index (χ4n) is 5.61. The van der Waals surface area contributed by atoms with Crippen molar-refractivity contribution in [2.75, 3.05) is 7.11 Å². The number of para-hydroxylation sites is 1. The summed E-state index contributed by atoms with van der Waals surface area (Å²) in [6, 6.07) is 30.5. The van der Waals surface area contributed by atoms with Gasteiger partial charge in [0.1, 0.15) is 17.4 Å². The first-order valence-electron chi connectivity index (χ1n) is 13.2. The smallest absolute Gasteiger partial charge is 0.342 e. The Kier molecular flexibility index (Phi) is 7.51. The van der Waals surface area contributed by atoms with Crippen LogP contribution in [0, 0.1) is 13.8 Å². The fourth-order valence-corrected chi connectivity index (χ4v) is 5.61. The number of hydrogen-bond donors (Lipinski definition) is 0. The van der Waals surface area contributed by atoms with Crippen molar-refractivity contribution in [3.8, 4) is 5.75 Å². The van der Waals surface area contributed by atoms with Gasteiger partial charge in [0, 0.05) is 5.92 Å². The molecule has 39 heavy (non-hydrogen) atoms. The number of ether oxygens (including phenoxy) is 3. The lowest BCUT2D eigenvalue weighted by molar-refractivity contribution is -0.0533. The topological polar surface area (TPSA) is 61.8 Å². The molecule has 1 aliphatic rings. The maximum absolute atomic E-state index is 13.6. The van der Waals surface area contributed by atoms with Crippen molar-refractivity contribution >= 4 is 11.9 Å². The first kappa shape index (κ1) is 26.2. The highest BCUT2D eigenvalue weighted by Gasteiger charge is 2.47. The predicted octanol–water partition coefficient (Wildman–Crippen LogP) is 7.01. The Balaban J connectivity index is 1.64. The molecule has 0 spiro atoms. The van der Waals surface area contributed by atoms with Crippen molar-refractivity contribution in [2.24, 2.45) is 0 Å². The van der Waals surface area contributed by atoms with Gasteiger partial charge in [-0.3, -0.25) is 0 Å². The maximum atomic E-state index is 13.6. The lowest BCUT2D eigenvalue weighted by Gasteiger charge is -2.42. The molecule has 0 aliphatic heterocycles. The van der Waals surface area contributed by atoms with E-state index in [1.807, 2.05) is 69.3 Å². The van der Waals surface area contributed by atoms with Gasteiger partial charge in [0.2, 0.25) is 0 Å². The minimum atomic E-state index is -0.762. The molecule has 0 aromatic heterocycles. The molecule has 1 aliphatic carbocycles. The van der Waals surface area contributed by atoms with Gasteiger partial charge in [0.15, 0.2) is 6.10 Å². The highest BCUT2D eigenvalue weighted by atomic mass is 16.6. The average molecular weight is 521 g/mol. The Morgan fingerprint density at radius 2 is 1.10 bits per heavy atom. The minimum absolute atomic E-state index is 0.227. The van der Waals surface area contributed by atoms with Crippen LogP contribution in [0.1, 0.15) is 67.3 Å². The lowest BCUT2D eigenvalue weighted by Crippen LogP contribution is -2.47. The molecule has 0 amide bonds. The molecule has 0 heterocycles. The summed E-state index contributed by atoms with van der Waals surface area (Å²) < 4.78 is 18.1. The molecule has 0 N–H and O–H groups in total. The van der Waals surface area contributed by atoms with E-state index in [0.717, 1.165) is 27.8 Å². The quantitative estimate of drug-likeness (QED) is 0.256. The van der Waals surface area contributed by atoms with Crippen molar-refractivity contribution in [3.63, 3.8) is 0 Å². The van der Waals surface area contributed by atoms with Gasteiger partial charge in [0.05, 0.1) is 18.6 Å². The summed E-state index contributed by atoms with van der Waals surface area (Å²) in [5, 5.41) is 0. The van der Waals surface area contributed by atoms with Crippen LogP contribution < -0.4 is 4.74 Å². The molecule has 2 unspecified atom stereocenters. The molecule has 198 valence electrons. The van der Waals surface area contributed by atoms with Crippen molar-refractivity contribution < 1.29 is 23.8 Å². The highest BCUT2D eigenvalue weighted by molar-refractivity contribution is 5.93. The molecule has 4 aromatic carbocycles. The first-order valence-corrected chi connectivity index (χ1v) is 13.2. The molecule has 0 radical (unpaired) electrons. The molecular weight excluding hydrogens is 488 g/mol. The Morgan fingerprint density at radius 3 is 1.77 bits per heavy atom. The van der Waals surface area contributed by atoms with Crippen molar-refractivity contribution in [2.45, 2.75) is 44.8 Å². The van der Waals surface area contributed by atoms with E-state index in [9.17, 15) is 9.59 Å². The van der Waals surface area contributed by atoms with Gasteiger partial charge in [-0.25, -0.2) is 9.59 Å².